The van der Waals surface area contributed by atoms with Gasteiger partial charge < -0.3 is 36.4 Å². The summed E-state index contributed by atoms with van der Waals surface area (Å²) in [4.78, 5) is 42.5. The summed E-state index contributed by atoms with van der Waals surface area (Å²) in [6.45, 7) is 3.12. The number of aromatic nitrogens is 6. The number of aliphatic imine (C=N–C) groups is 2. The van der Waals surface area contributed by atoms with Gasteiger partial charge in [0.1, 0.15) is 41.7 Å². The largest absolute Gasteiger partial charge is 0.405 e. The molecule has 12 rings (SSSR count). The SMILES string of the molecule is CC(O)CCc1nc2c(s1)C1=[N+]3C2=Nc2c4sc(NCC(O)CS(=O)(=O)O)nc4c4n2[C@]32n3c(c5nc(NCC(C)O)sc5c3=NC3=[N+]2C(=N4)c2sc(NCC(O)CS(=O)(=O)O)nc23)=N1. The van der Waals surface area contributed by atoms with Crippen molar-refractivity contribution in [1.82, 2.24) is 29.1 Å². The summed E-state index contributed by atoms with van der Waals surface area (Å²) in [5, 5.41) is 52.3. The molecule has 4 unspecified atom stereocenters. The number of fused-ring (bicyclic) bond motifs is 12. The zero-order chi connectivity index (χ0) is 45.2. The van der Waals surface area contributed by atoms with E-state index < -0.39 is 62.1 Å². The molecular weight excluding hydrogens is 971 g/mol. The Hall–Kier alpha value is -5.06. The number of amidine groups is 4. The molecule has 0 fully saturated rings. The van der Waals surface area contributed by atoms with E-state index in [1.54, 1.807) is 13.8 Å². The molecule has 0 bridgehead atoms. The normalized spacial score (nSPS) is 20.2. The Balaban J connectivity index is 1.12. The van der Waals surface area contributed by atoms with E-state index in [0.717, 1.165) is 9.88 Å². The van der Waals surface area contributed by atoms with E-state index in [1.807, 2.05) is 18.3 Å². The average molecular weight is 1000 g/mol. The van der Waals surface area contributed by atoms with Crippen LogP contribution in [0.15, 0.2) is 20.0 Å². The number of thiazole rings is 4. The number of hydrogen-bond donors (Lipinski definition) is 9. The minimum Gasteiger partial charge on any atom is -0.393 e. The Kier molecular flexibility index (Phi) is 8.90. The topological polar surface area (TPSA) is 343 Å². The molecule has 12 heterocycles. The number of nitrogens with zero attached hydrogens (tertiary/aromatic N) is 12. The van der Waals surface area contributed by atoms with Crippen LogP contribution in [0.1, 0.15) is 46.4 Å². The predicted octanol–water partition coefficient (Wildman–Crippen LogP) is -1.04. The van der Waals surface area contributed by atoms with Crippen LogP contribution in [0.2, 0.25) is 0 Å². The zero-order valence-corrected chi connectivity index (χ0v) is 38.3. The second-order valence-electron chi connectivity index (χ2n) is 16.0. The third-order valence-corrected chi connectivity index (χ3v) is 16.8. The van der Waals surface area contributed by atoms with E-state index in [2.05, 4.69) is 16.0 Å². The Morgan fingerprint density at radius 3 is 1.92 bits per heavy atom. The van der Waals surface area contributed by atoms with Crippen molar-refractivity contribution in [1.29, 1.82) is 0 Å². The molecule has 0 radical (unpaired) electrons. The molecule has 0 amide bonds. The lowest BCUT2D eigenvalue weighted by atomic mass is 10.2. The van der Waals surface area contributed by atoms with Gasteiger partial charge in [-0.25, -0.2) is 19.9 Å². The van der Waals surface area contributed by atoms with Crippen LogP contribution in [-0.4, -0.2) is 163 Å². The van der Waals surface area contributed by atoms with Crippen LogP contribution in [0.5, 0.6) is 0 Å². The van der Waals surface area contributed by atoms with Crippen LogP contribution in [0.3, 0.4) is 0 Å². The molecule has 6 aliphatic rings. The van der Waals surface area contributed by atoms with Crippen molar-refractivity contribution in [2.24, 2.45) is 20.0 Å². The molecule has 1 spiro atoms. The summed E-state index contributed by atoms with van der Waals surface area (Å²) in [7, 11) is -8.93. The average Bonchev–Trinajstić information content (AvgIpc) is 4.08. The van der Waals surface area contributed by atoms with Gasteiger partial charge in [-0.15, -0.1) is 20.5 Å². The van der Waals surface area contributed by atoms with E-state index in [0.29, 0.717) is 111 Å². The molecular formula is C34H33N15O10S6+2. The number of hydrogen-bond acceptors (Lipinski definition) is 23. The highest BCUT2D eigenvalue weighted by Crippen LogP contribution is 2.55. The Bertz CT molecular complexity index is 3650. The van der Waals surface area contributed by atoms with E-state index in [9.17, 15) is 46.4 Å². The van der Waals surface area contributed by atoms with Gasteiger partial charge in [0.05, 0.1) is 29.4 Å². The third-order valence-electron chi connectivity index (χ3n) is 11.1. The van der Waals surface area contributed by atoms with E-state index >= 15 is 0 Å². The highest BCUT2D eigenvalue weighted by atomic mass is 32.2. The van der Waals surface area contributed by atoms with Crippen molar-refractivity contribution in [3.05, 3.63) is 37.1 Å². The highest BCUT2D eigenvalue weighted by molar-refractivity contribution is 7.86. The molecule has 9 N–H and O–H groups in total. The number of rotatable bonds is 16. The van der Waals surface area contributed by atoms with Crippen molar-refractivity contribution in [3.63, 3.8) is 0 Å². The van der Waals surface area contributed by atoms with Crippen molar-refractivity contribution < 1.29 is 55.5 Å². The minimum absolute atomic E-state index is 0.238. The summed E-state index contributed by atoms with van der Waals surface area (Å²) in [6, 6.07) is 0. The van der Waals surface area contributed by atoms with Crippen LogP contribution in [-0.2, 0) is 32.6 Å². The summed E-state index contributed by atoms with van der Waals surface area (Å²) in [5.41, 5.74) is 2.88. The Morgan fingerprint density at radius 1 is 0.631 bits per heavy atom. The van der Waals surface area contributed by atoms with E-state index in [1.165, 1.54) is 45.3 Å². The molecule has 6 aromatic heterocycles. The lowest BCUT2D eigenvalue weighted by Gasteiger charge is -2.40. The summed E-state index contributed by atoms with van der Waals surface area (Å²) in [5.74, 6) is -0.617. The quantitative estimate of drug-likeness (QED) is 0.0413. The molecule has 6 aromatic rings. The van der Waals surface area contributed by atoms with Gasteiger partial charge in [-0.3, -0.25) is 9.11 Å². The summed E-state index contributed by atoms with van der Waals surface area (Å²) >= 11 is 5.18. The first-order valence-corrected chi connectivity index (χ1v) is 26.3. The van der Waals surface area contributed by atoms with Gasteiger partial charge in [0.25, 0.3) is 43.6 Å². The number of aryl methyl sites for hydroxylation is 1. The first-order valence-electron chi connectivity index (χ1n) is 19.8. The van der Waals surface area contributed by atoms with Gasteiger partial charge in [0, 0.05) is 26.1 Å². The maximum absolute atomic E-state index is 11.5. The molecule has 0 saturated carbocycles. The van der Waals surface area contributed by atoms with Gasteiger partial charge in [0.15, 0.2) is 26.8 Å². The second-order valence-corrected chi connectivity index (χ2v) is 23.1. The van der Waals surface area contributed by atoms with Crippen molar-refractivity contribution in [2.75, 3.05) is 47.1 Å². The molecule has 6 aliphatic heterocycles. The van der Waals surface area contributed by atoms with E-state index in [-0.39, 0.29) is 19.6 Å². The predicted molar refractivity (Wildman–Crippen MR) is 238 cm³/mol. The monoisotopic (exact) mass is 1000 g/mol. The van der Waals surface area contributed by atoms with Gasteiger partial charge in [-0.05, 0) is 20.3 Å². The van der Waals surface area contributed by atoms with Crippen LogP contribution in [0, 0.1) is 0 Å². The zero-order valence-electron chi connectivity index (χ0n) is 33.4. The van der Waals surface area contributed by atoms with Crippen molar-refractivity contribution in [2.45, 2.75) is 57.0 Å². The standard InChI is InChI=1S/C34H31N15O10S6/c1-10(50)3-4-14-38-15-19(60-14)27-43-24-16-20(61-31(39-16)35-5-11(2)51)29-44-26-18-22(63-33(41-18)37-7-13(53)9-65(57,58)59)30-45-25-17-21(62-32(40-17)36-6-12(52)8-64(54,55)56)28-42-23(15)46(27)34(47(24)29,48(25)28)49(26)30/h10-13,50-53H,3-9H2,1-2H3,(H3,35,36,39,40,42,54,55,56,57,58,59)/p+2/t10?,11?,12?,13?,34-/m1/s1. The van der Waals surface area contributed by atoms with Gasteiger partial charge in [-0.2, -0.15) is 26.0 Å². The molecule has 5 atom stereocenters. The molecule has 31 heteroatoms. The van der Waals surface area contributed by atoms with Crippen LogP contribution < -0.4 is 26.9 Å². The molecule has 0 aromatic carbocycles. The van der Waals surface area contributed by atoms with E-state index in [4.69, 9.17) is 39.9 Å². The second kappa shape index (κ2) is 14.0. The number of aliphatic hydroxyl groups excluding tert-OH is 4. The first-order chi connectivity index (χ1) is 30.9. The molecule has 65 heavy (non-hydrogen) atoms. The number of anilines is 3. The number of nitrogens with one attached hydrogen (secondary N) is 3. The lowest BCUT2D eigenvalue weighted by molar-refractivity contribution is -0.790. The van der Waals surface area contributed by atoms with Gasteiger partial charge >= 0.3 is 5.91 Å². The first kappa shape index (κ1) is 41.4. The molecule has 338 valence electrons. The van der Waals surface area contributed by atoms with Crippen molar-refractivity contribution in [3.8, 4) is 0 Å². The summed E-state index contributed by atoms with van der Waals surface area (Å²) < 4.78 is 73.8. The fourth-order valence-electron chi connectivity index (χ4n) is 8.64. The molecule has 25 nitrogen and oxygen atoms in total. The van der Waals surface area contributed by atoms with Crippen molar-refractivity contribution >= 4 is 136 Å². The number of aliphatic hydroxyl groups is 4. The molecule has 0 saturated heterocycles. The lowest BCUT2D eigenvalue weighted by Crippen LogP contribution is -2.71. The third kappa shape index (κ3) is 6.10. The van der Waals surface area contributed by atoms with Gasteiger partial charge in [-0.1, -0.05) is 54.0 Å². The fraction of sp³-hybridized carbons (Fsp3) is 0.412. The van der Waals surface area contributed by atoms with Crippen LogP contribution in [0.4, 0.5) is 27.0 Å². The van der Waals surface area contributed by atoms with Crippen LogP contribution >= 0.6 is 45.3 Å². The molecule has 0 aliphatic carbocycles. The Morgan fingerprint density at radius 2 is 1.25 bits per heavy atom. The maximum Gasteiger partial charge on any atom is 0.405 e. The Labute approximate surface area is 380 Å². The highest BCUT2D eigenvalue weighted by Gasteiger charge is 2.71. The fourth-order valence-corrected chi connectivity index (χ4v) is 13.7. The smallest absolute Gasteiger partial charge is 0.393 e. The summed E-state index contributed by atoms with van der Waals surface area (Å²) in [6.07, 6.45) is -3.14. The van der Waals surface area contributed by atoms with Crippen LogP contribution in [0.25, 0.3) is 20.4 Å². The van der Waals surface area contributed by atoms with Gasteiger partial charge in [0.2, 0.25) is 22.6 Å². The maximum atomic E-state index is 11.5. The minimum atomic E-state index is -4.46.